The van der Waals surface area contributed by atoms with Crippen LogP contribution in [0.15, 0.2) is 48.6 Å². The van der Waals surface area contributed by atoms with Gasteiger partial charge in [0.05, 0.1) is 25.4 Å². The van der Waals surface area contributed by atoms with Gasteiger partial charge in [-0.25, -0.2) is 0 Å². The van der Waals surface area contributed by atoms with Crippen molar-refractivity contribution in [2.75, 3.05) is 13.2 Å². The van der Waals surface area contributed by atoms with E-state index in [0.29, 0.717) is 19.4 Å². The Balaban J connectivity index is 3.38. The summed E-state index contributed by atoms with van der Waals surface area (Å²) in [5.41, 5.74) is 0. The molecule has 1 amide bonds. The van der Waals surface area contributed by atoms with E-state index in [9.17, 15) is 19.8 Å². The van der Waals surface area contributed by atoms with E-state index in [2.05, 4.69) is 55.6 Å². The predicted octanol–water partition coefficient (Wildman–Crippen LogP) is 27.9. The summed E-state index contributed by atoms with van der Waals surface area (Å²) < 4.78 is 5.51. The third-order valence-electron chi connectivity index (χ3n) is 19.6. The first-order valence-corrected chi connectivity index (χ1v) is 41.9. The van der Waals surface area contributed by atoms with Gasteiger partial charge in [-0.2, -0.15) is 0 Å². The first kappa shape index (κ1) is 89.8. The van der Waals surface area contributed by atoms with Crippen LogP contribution in [0.2, 0.25) is 0 Å². The first-order chi connectivity index (χ1) is 45.5. The van der Waals surface area contributed by atoms with Crippen molar-refractivity contribution in [2.24, 2.45) is 0 Å². The van der Waals surface area contributed by atoms with E-state index in [4.69, 9.17) is 4.74 Å². The van der Waals surface area contributed by atoms with Gasteiger partial charge >= 0.3 is 5.97 Å². The molecule has 0 aliphatic heterocycles. The molecular weight excluding hydrogens is 1130 g/mol. The van der Waals surface area contributed by atoms with Crippen LogP contribution in [-0.4, -0.2) is 47.4 Å². The summed E-state index contributed by atoms with van der Waals surface area (Å²) in [6, 6.07) is -0.628. The number of aliphatic hydroxyl groups excluding tert-OH is 2. The van der Waals surface area contributed by atoms with Crippen LogP contribution in [0.25, 0.3) is 0 Å². The van der Waals surface area contributed by atoms with Crippen LogP contribution in [0.1, 0.15) is 463 Å². The maximum absolute atomic E-state index is 12.6. The zero-order valence-corrected chi connectivity index (χ0v) is 62.3. The number of nitrogens with one attached hydrogen (secondary N) is 1. The Hall–Kier alpha value is -2.18. The van der Waals surface area contributed by atoms with Crippen molar-refractivity contribution in [1.29, 1.82) is 0 Å². The monoisotopic (exact) mass is 1290 g/mol. The number of unbranched alkanes of at least 4 members (excludes halogenated alkanes) is 62. The Bertz CT molecular complexity index is 1540. The normalized spacial score (nSPS) is 12.7. The molecule has 2 unspecified atom stereocenters. The number of rotatable bonds is 79. The van der Waals surface area contributed by atoms with Gasteiger partial charge in [0, 0.05) is 12.8 Å². The lowest BCUT2D eigenvalue weighted by molar-refractivity contribution is -0.143. The predicted molar refractivity (Wildman–Crippen MR) is 407 cm³/mol. The van der Waals surface area contributed by atoms with Gasteiger partial charge < -0.3 is 20.3 Å². The van der Waals surface area contributed by atoms with Crippen molar-refractivity contribution in [2.45, 2.75) is 475 Å². The molecule has 0 aromatic rings. The maximum Gasteiger partial charge on any atom is 0.305 e. The fourth-order valence-corrected chi connectivity index (χ4v) is 13.2. The van der Waals surface area contributed by atoms with E-state index in [-0.39, 0.29) is 18.5 Å². The molecule has 0 saturated carbocycles. The number of hydrogen-bond donors (Lipinski definition) is 3. The van der Waals surface area contributed by atoms with E-state index >= 15 is 0 Å². The molecule has 0 aromatic carbocycles. The van der Waals surface area contributed by atoms with Gasteiger partial charge in [-0.15, -0.1) is 0 Å². The van der Waals surface area contributed by atoms with Gasteiger partial charge in [0.1, 0.15) is 0 Å². The molecule has 0 aliphatic rings. The Labute approximate surface area is 576 Å². The van der Waals surface area contributed by atoms with Crippen LogP contribution in [0.5, 0.6) is 0 Å². The fraction of sp³-hybridized carbons (Fsp3) is 0.884. The molecule has 0 fully saturated rings. The van der Waals surface area contributed by atoms with Crippen molar-refractivity contribution in [3.63, 3.8) is 0 Å². The topological polar surface area (TPSA) is 95.9 Å². The van der Waals surface area contributed by atoms with E-state index < -0.39 is 12.1 Å². The number of allylic oxidation sites excluding steroid dienone is 7. The van der Waals surface area contributed by atoms with Gasteiger partial charge in [0.2, 0.25) is 5.91 Å². The van der Waals surface area contributed by atoms with Crippen LogP contribution in [0.4, 0.5) is 0 Å². The van der Waals surface area contributed by atoms with E-state index in [1.165, 1.54) is 385 Å². The van der Waals surface area contributed by atoms with Gasteiger partial charge in [-0.3, -0.25) is 9.59 Å². The molecule has 0 aliphatic carbocycles. The number of hydrogen-bond acceptors (Lipinski definition) is 5. The summed E-state index contributed by atoms with van der Waals surface area (Å²) in [6.45, 7) is 4.93. The molecule has 3 N–H and O–H groups in total. The molecule has 0 aromatic heterocycles. The zero-order chi connectivity index (χ0) is 66.3. The van der Waals surface area contributed by atoms with E-state index in [1.807, 2.05) is 6.08 Å². The largest absolute Gasteiger partial charge is 0.466 e. The van der Waals surface area contributed by atoms with Crippen molar-refractivity contribution in [3.8, 4) is 0 Å². The Morgan fingerprint density at radius 1 is 0.304 bits per heavy atom. The van der Waals surface area contributed by atoms with E-state index in [1.54, 1.807) is 6.08 Å². The summed E-state index contributed by atoms with van der Waals surface area (Å²) in [7, 11) is 0. The SMILES string of the molecule is CCCCCC/C=C\C/C=C\CCCCCCCCCC(=O)OCCCCCCCCCCCCCC/C=C\CCCCCCCCCCCCCCCCCCC(=O)NC(CO)C(O)/C=C/CCCCCCCCCCCCCCCCCCCCCCCCC. The minimum Gasteiger partial charge on any atom is -0.466 e. The number of amides is 1. The van der Waals surface area contributed by atoms with Gasteiger partial charge in [0.25, 0.3) is 0 Å². The van der Waals surface area contributed by atoms with Gasteiger partial charge in [-0.05, 0) is 89.9 Å². The lowest BCUT2D eigenvalue weighted by atomic mass is 10.0. The number of esters is 1. The molecule has 0 spiro atoms. The summed E-state index contributed by atoms with van der Waals surface area (Å²) in [5, 5.41) is 23.3. The van der Waals surface area contributed by atoms with Gasteiger partial charge in [-0.1, -0.05) is 409 Å². The second kappa shape index (κ2) is 81.2. The fourth-order valence-electron chi connectivity index (χ4n) is 13.2. The minimum atomic E-state index is -0.845. The molecule has 0 bridgehead atoms. The van der Waals surface area contributed by atoms with Crippen LogP contribution in [-0.2, 0) is 14.3 Å². The Morgan fingerprint density at radius 2 is 0.543 bits per heavy atom. The Kier molecular flexibility index (Phi) is 79.3. The van der Waals surface area contributed by atoms with E-state index in [0.717, 1.165) is 51.4 Å². The molecule has 0 heterocycles. The molecule has 6 heteroatoms. The molecule has 6 nitrogen and oxygen atoms in total. The average molecular weight is 1290 g/mol. The third-order valence-corrected chi connectivity index (χ3v) is 19.6. The van der Waals surface area contributed by atoms with Crippen molar-refractivity contribution < 1.29 is 24.5 Å². The Morgan fingerprint density at radius 3 is 0.848 bits per heavy atom. The van der Waals surface area contributed by atoms with Crippen molar-refractivity contribution in [3.05, 3.63) is 48.6 Å². The summed E-state index contributed by atoms with van der Waals surface area (Å²) in [6.07, 6.45) is 108. The second-order valence-corrected chi connectivity index (χ2v) is 28.8. The molecule has 542 valence electrons. The maximum atomic E-state index is 12.6. The smallest absolute Gasteiger partial charge is 0.305 e. The average Bonchev–Trinajstić information content (AvgIpc) is 3.77. The number of ether oxygens (including phenoxy) is 1. The molecule has 0 radical (unpaired) electrons. The van der Waals surface area contributed by atoms with Crippen molar-refractivity contribution in [1.82, 2.24) is 5.32 Å². The first-order valence-electron chi connectivity index (χ1n) is 41.9. The lowest BCUT2D eigenvalue weighted by Crippen LogP contribution is -2.45. The highest BCUT2D eigenvalue weighted by Crippen LogP contribution is 2.20. The number of aliphatic hydroxyl groups is 2. The highest BCUT2D eigenvalue weighted by molar-refractivity contribution is 5.76. The standard InChI is InChI=1S/C86H163NO5/c1-3-5-7-9-11-13-15-17-19-21-23-24-25-34-37-40-43-46-50-54-58-62-66-70-74-78-84(89)83(82-88)87-85(90)79-75-71-67-63-59-55-51-47-44-41-38-35-32-30-28-26-27-29-31-33-36-39-42-45-49-53-57-61-65-69-73-77-81-92-86(91)80-76-72-68-64-60-56-52-48-22-20-18-16-14-12-10-8-6-4-2/h14,16,20,22,29,31,74,78,83-84,88-89H,3-13,15,17-19,21,23-28,30,32-73,75-77,79-82H2,1-2H3,(H,87,90)/b16-14-,22-20-,31-29-,78-74+. The summed E-state index contributed by atoms with van der Waals surface area (Å²) in [5.74, 6) is -0.0491. The summed E-state index contributed by atoms with van der Waals surface area (Å²) in [4.78, 5) is 24.7. The third kappa shape index (κ3) is 76.8. The van der Waals surface area contributed by atoms with Gasteiger partial charge in [0.15, 0.2) is 0 Å². The minimum absolute atomic E-state index is 0.0113. The van der Waals surface area contributed by atoms with Crippen LogP contribution in [0, 0.1) is 0 Å². The van der Waals surface area contributed by atoms with Crippen LogP contribution >= 0.6 is 0 Å². The molecule has 2 atom stereocenters. The summed E-state index contributed by atoms with van der Waals surface area (Å²) >= 11 is 0. The molecule has 0 saturated heterocycles. The molecule has 92 heavy (non-hydrogen) atoms. The lowest BCUT2D eigenvalue weighted by Gasteiger charge is -2.20. The highest BCUT2D eigenvalue weighted by Gasteiger charge is 2.18. The quantitative estimate of drug-likeness (QED) is 0.0320. The second-order valence-electron chi connectivity index (χ2n) is 28.8. The van der Waals surface area contributed by atoms with Crippen molar-refractivity contribution >= 4 is 11.9 Å². The van der Waals surface area contributed by atoms with Crippen LogP contribution in [0.3, 0.4) is 0 Å². The number of carbonyl (C=O) groups excluding carboxylic acids is 2. The van der Waals surface area contributed by atoms with Crippen LogP contribution < -0.4 is 5.32 Å². The molecule has 0 rings (SSSR count). The molecular formula is C86H163NO5. The zero-order valence-electron chi connectivity index (χ0n) is 62.3. The number of carbonyl (C=O) groups is 2. The highest BCUT2D eigenvalue weighted by atomic mass is 16.5.